The third-order valence-corrected chi connectivity index (χ3v) is 4.51. The number of rotatable bonds is 7. The topological polar surface area (TPSA) is 97.8 Å². The third kappa shape index (κ3) is 4.83. The Kier molecular flexibility index (Phi) is 6.03. The zero-order chi connectivity index (χ0) is 19.2. The number of carboxylic acids is 1. The van der Waals surface area contributed by atoms with E-state index in [9.17, 15) is 14.7 Å². The molecule has 1 aromatic carbocycles. The molecule has 1 saturated heterocycles. The summed E-state index contributed by atoms with van der Waals surface area (Å²) in [6, 6.07) is 11.5. The Morgan fingerprint density at radius 3 is 2.74 bits per heavy atom. The molecule has 27 heavy (non-hydrogen) atoms. The zero-order valence-corrected chi connectivity index (χ0v) is 15.0. The van der Waals surface area contributed by atoms with Crippen LogP contribution in [-0.4, -0.2) is 41.3 Å². The summed E-state index contributed by atoms with van der Waals surface area (Å²) in [5, 5.41) is 12.2. The molecular weight excluding hydrogens is 348 g/mol. The van der Waals surface area contributed by atoms with Gasteiger partial charge in [-0.2, -0.15) is 0 Å². The molecule has 0 bridgehead atoms. The number of hydrogen-bond donors (Lipinski definition) is 2. The van der Waals surface area contributed by atoms with E-state index in [1.807, 2.05) is 18.2 Å². The Morgan fingerprint density at radius 2 is 2.07 bits per heavy atom. The van der Waals surface area contributed by atoms with Crippen molar-refractivity contribution in [3.8, 4) is 5.88 Å². The summed E-state index contributed by atoms with van der Waals surface area (Å²) in [4.78, 5) is 28.4. The molecule has 0 spiro atoms. The molecule has 1 fully saturated rings. The van der Waals surface area contributed by atoms with E-state index in [-0.39, 0.29) is 12.0 Å². The number of hydrogen-bond acceptors (Lipinski definition) is 5. The number of amides is 1. The maximum Gasteiger partial charge on any atom is 0.308 e. The second-order valence-electron chi connectivity index (χ2n) is 6.47. The highest BCUT2D eigenvalue weighted by Gasteiger charge is 2.27. The smallest absolute Gasteiger partial charge is 0.308 e. The lowest BCUT2D eigenvalue weighted by atomic mass is 9.94. The maximum absolute atomic E-state index is 12.7. The number of carboxylic acid groups (broad SMARTS) is 1. The van der Waals surface area contributed by atoms with Crippen molar-refractivity contribution < 1.29 is 24.2 Å². The molecule has 2 N–H and O–H groups in total. The average Bonchev–Trinajstić information content (AvgIpc) is 3.19. The SMILES string of the molecule is CC(C(=O)O)C(NC(=O)c1ccnc(OC2CCOC2)c1)c1ccccc1. The zero-order valence-electron chi connectivity index (χ0n) is 15.0. The first-order valence-corrected chi connectivity index (χ1v) is 8.83. The molecule has 142 valence electrons. The number of benzene rings is 1. The molecule has 0 saturated carbocycles. The van der Waals surface area contributed by atoms with Gasteiger partial charge in [0.05, 0.1) is 25.2 Å². The number of aromatic nitrogens is 1. The summed E-state index contributed by atoms with van der Waals surface area (Å²) in [5.41, 5.74) is 1.09. The fourth-order valence-corrected chi connectivity index (χ4v) is 2.92. The van der Waals surface area contributed by atoms with Gasteiger partial charge in [0, 0.05) is 24.2 Å². The van der Waals surface area contributed by atoms with Crippen LogP contribution in [0.2, 0.25) is 0 Å². The van der Waals surface area contributed by atoms with E-state index in [0.29, 0.717) is 24.7 Å². The highest BCUT2D eigenvalue weighted by molar-refractivity contribution is 5.95. The summed E-state index contributed by atoms with van der Waals surface area (Å²) in [6.45, 7) is 2.72. The van der Waals surface area contributed by atoms with Crippen molar-refractivity contribution in [2.45, 2.75) is 25.5 Å². The van der Waals surface area contributed by atoms with Crippen molar-refractivity contribution in [1.29, 1.82) is 0 Å². The second-order valence-corrected chi connectivity index (χ2v) is 6.47. The fourth-order valence-electron chi connectivity index (χ4n) is 2.92. The number of ether oxygens (including phenoxy) is 2. The number of carbonyl (C=O) groups excluding carboxylic acids is 1. The van der Waals surface area contributed by atoms with Crippen LogP contribution in [0.1, 0.15) is 35.3 Å². The van der Waals surface area contributed by atoms with Gasteiger partial charge in [-0.1, -0.05) is 30.3 Å². The Labute approximate surface area is 157 Å². The average molecular weight is 370 g/mol. The van der Waals surface area contributed by atoms with E-state index in [1.54, 1.807) is 31.2 Å². The number of pyridine rings is 1. The van der Waals surface area contributed by atoms with Crippen LogP contribution < -0.4 is 10.1 Å². The summed E-state index contributed by atoms with van der Waals surface area (Å²) in [5.74, 6) is -1.80. The summed E-state index contributed by atoms with van der Waals surface area (Å²) in [6.07, 6.45) is 2.21. The van der Waals surface area contributed by atoms with E-state index in [0.717, 1.165) is 12.0 Å². The highest BCUT2D eigenvalue weighted by Crippen LogP contribution is 2.23. The van der Waals surface area contributed by atoms with Gasteiger partial charge in [0.15, 0.2) is 0 Å². The Morgan fingerprint density at radius 1 is 1.30 bits per heavy atom. The standard InChI is InChI=1S/C20H22N2O5/c1-13(20(24)25)18(14-5-3-2-4-6-14)22-19(23)15-7-9-21-17(11-15)27-16-8-10-26-12-16/h2-7,9,11,13,16,18H,8,10,12H2,1H3,(H,22,23)(H,24,25). The second kappa shape index (κ2) is 8.64. The minimum absolute atomic E-state index is 0.0695. The largest absolute Gasteiger partial charge is 0.481 e. The first-order valence-electron chi connectivity index (χ1n) is 8.83. The first-order chi connectivity index (χ1) is 13.0. The van der Waals surface area contributed by atoms with Crippen molar-refractivity contribution in [3.63, 3.8) is 0 Å². The first kappa shape index (κ1) is 18.8. The van der Waals surface area contributed by atoms with Crippen LogP contribution in [0.4, 0.5) is 0 Å². The van der Waals surface area contributed by atoms with E-state index < -0.39 is 17.9 Å². The van der Waals surface area contributed by atoms with Gasteiger partial charge in [-0.05, 0) is 18.6 Å². The number of nitrogens with one attached hydrogen (secondary N) is 1. The van der Waals surface area contributed by atoms with E-state index in [2.05, 4.69) is 10.3 Å². The predicted octanol–water partition coefficient (Wildman–Crippen LogP) is 2.44. The summed E-state index contributed by atoms with van der Waals surface area (Å²) < 4.78 is 11.0. The van der Waals surface area contributed by atoms with E-state index in [1.165, 1.54) is 6.20 Å². The molecule has 7 nitrogen and oxygen atoms in total. The molecule has 3 rings (SSSR count). The van der Waals surface area contributed by atoms with Gasteiger partial charge in [0.1, 0.15) is 6.10 Å². The van der Waals surface area contributed by atoms with Crippen molar-refractivity contribution in [1.82, 2.24) is 10.3 Å². The van der Waals surface area contributed by atoms with Crippen LogP contribution in [0.3, 0.4) is 0 Å². The monoisotopic (exact) mass is 370 g/mol. The minimum Gasteiger partial charge on any atom is -0.481 e. The molecule has 7 heteroatoms. The molecule has 0 radical (unpaired) electrons. The Balaban J connectivity index is 1.76. The van der Waals surface area contributed by atoms with Gasteiger partial charge >= 0.3 is 5.97 Å². The molecule has 3 unspecified atom stereocenters. The molecule has 1 aliphatic rings. The lowest BCUT2D eigenvalue weighted by molar-refractivity contribution is -0.142. The lowest BCUT2D eigenvalue weighted by Crippen LogP contribution is -2.35. The molecule has 1 amide bonds. The van der Waals surface area contributed by atoms with Gasteiger partial charge < -0.3 is 19.9 Å². The Hall–Kier alpha value is -2.93. The third-order valence-electron chi connectivity index (χ3n) is 4.51. The molecule has 2 heterocycles. The quantitative estimate of drug-likeness (QED) is 0.777. The molecule has 3 atom stereocenters. The van der Waals surface area contributed by atoms with Crippen molar-refractivity contribution in [2.75, 3.05) is 13.2 Å². The summed E-state index contributed by atoms with van der Waals surface area (Å²) in [7, 11) is 0. The van der Waals surface area contributed by atoms with Gasteiger partial charge in [0.25, 0.3) is 5.91 Å². The van der Waals surface area contributed by atoms with Crippen LogP contribution in [0, 0.1) is 5.92 Å². The van der Waals surface area contributed by atoms with Crippen LogP contribution >= 0.6 is 0 Å². The molecule has 0 aliphatic carbocycles. The molecular formula is C20H22N2O5. The molecule has 1 aromatic heterocycles. The van der Waals surface area contributed by atoms with Crippen LogP contribution in [0.5, 0.6) is 5.88 Å². The number of aliphatic carboxylic acids is 1. The van der Waals surface area contributed by atoms with Crippen molar-refractivity contribution >= 4 is 11.9 Å². The predicted molar refractivity (Wildman–Crippen MR) is 97.5 cm³/mol. The fraction of sp³-hybridized carbons (Fsp3) is 0.350. The summed E-state index contributed by atoms with van der Waals surface area (Å²) >= 11 is 0. The molecule has 2 aromatic rings. The lowest BCUT2D eigenvalue weighted by Gasteiger charge is -2.23. The number of nitrogens with zero attached hydrogens (tertiary/aromatic N) is 1. The Bertz CT molecular complexity index is 790. The van der Waals surface area contributed by atoms with Gasteiger partial charge in [0.2, 0.25) is 5.88 Å². The van der Waals surface area contributed by atoms with Gasteiger partial charge in [-0.3, -0.25) is 9.59 Å². The van der Waals surface area contributed by atoms with Crippen LogP contribution in [0.15, 0.2) is 48.7 Å². The van der Waals surface area contributed by atoms with Crippen molar-refractivity contribution in [3.05, 3.63) is 59.8 Å². The van der Waals surface area contributed by atoms with E-state index >= 15 is 0 Å². The molecule has 1 aliphatic heterocycles. The maximum atomic E-state index is 12.7. The van der Waals surface area contributed by atoms with E-state index in [4.69, 9.17) is 9.47 Å². The minimum atomic E-state index is -0.982. The van der Waals surface area contributed by atoms with Gasteiger partial charge in [-0.25, -0.2) is 4.98 Å². The number of carbonyl (C=O) groups is 2. The van der Waals surface area contributed by atoms with Crippen LogP contribution in [0.25, 0.3) is 0 Å². The normalized spacial score (nSPS) is 18.5. The van der Waals surface area contributed by atoms with Crippen molar-refractivity contribution in [2.24, 2.45) is 5.92 Å². The van der Waals surface area contributed by atoms with Gasteiger partial charge in [-0.15, -0.1) is 0 Å². The van der Waals surface area contributed by atoms with Crippen LogP contribution in [-0.2, 0) is 9.53 Å². The highest BCUT2D eigenvalue weighted by atomic mass is 16.5.